The summed E-state index contributed by atoms with van der Waals surface area (Å²) in [5, 5.41) is 8.84. The highest BCUT2D eigenvalue weighted by Gasteiger charge is 2.28. The molecule has 0 bridgehead atoms. The highest BCUT2D eigenvalue weighted by molar-refractivity contribution is 5.44. The molecule has 1 heterocycles. The summed E-state index contributed by atoms with van der Waals surface area (Å²) in [5.74, 6) is 1.44. The first-order valence-corrected chi connectivity index (χ1v) is 7.44. The molecule has 1 aliphatic carbocycles. The number of fused-ring (bicyclic) bond motifs is 1. The zero-order valence-electron chi connectivity index (χ0n) is 11.9. The Kier molecular flexibility index (Phi) is 3.33. The summed E-state index contributed by atoms with van der Waals surface area (Å²) in [4.78, 5) is 2.26. The summed E-state index contributed by atoms with van der Waals surface area (Å²) < 4.78 is 0. The van der Waals surface area contributed by atoms with Crippen molar-refractivity contribution in [2.24, 2.45) is 0 Å². The van der Waals surface area contributed by atoms with Crippen molar-refractivity contribution in [3.05, 3.63) is 34.4 Å². The first kappa shape index (κ1) is 12.7. The van der Waals surface area contributed by atoms with Gasteiger partial charge < -0.3 is 0 Å². The van der Waals surface area contributed by atoms with Crippen molar-refractivity contribution < 1.29 is 0 Å². The zero-order valence-corrected chi connectivity index (χ0v) is 11.9. The van der Waals surface area contributed by atoms with E-state index in [1.165, 1.54) is 24.0 Å². The van der Waals surface area contributed by atoms with E-state index >= 15 is 0 Å². The Hall–Kier alpha value is -1.33. The molecule has 2 nitrogen and oxygen atoms in total. The van der Waals surface area contributed by atoms with Crippen LogP contribution in [-0.4, -0.2) is 18.0 Å². The number of benzene rings is 1. The van der Waals surface area contributed by atoms with E-state index in [0.717, 1.165) is 25.4 Å². The molecule has 0 atom stereocenters. The molecule has 0 amide bonds. The Morgan fingerprint density at radius 3 is 2.74 bits per heavy atom. The lowest BCUT2D eigenvalue weighted by atomic mass is 9.87. The SMILES string of the molecule is CC(C)c1cc2c(cc1C1CC1)CN(CC#N)CC2. The van der Waals surface area contributed by atoms with Gasteiger partial charge in [-0.05, 0) is 53.4 Å². The molecule has 100 valence electrons. The summed E-state index contributed by atoms with van der Waals surface area (Å²) in [7, 11) is 0. The van der Waals surface area contributed by atoms with Crippen molar-refractivity contribution in [3.63, 3.8) is 0 Å². The van der Waals surface area contributed by atoms with Crippen LogP contribution >= 0.6 is 0 Å². The second-order valence-corrected chi connectivity index (χ2v) is 6.30. The lowest BCUT2D eigenvalue weighted by molar-refractivity contribution is 0.285. The Balaban J connectivity index is 1.95. The second-order valence-electron chi connectivity index (χ2n) is 6.30. The van der Waals surface area contributed by atoms with Crippen LogP contribution in [0.15, 0.2) is 12.1 Å². The fraction of sp³-hybridized carbons (Fsp3) is 0.588. The average Bonchev–Trinajstić information content (AvgIpc) is 3.21. The number of nitriles is 1. The van der Waals surface area contributed by atoms with Gasteiger partial charge in [0.05, 0.1) is 12.6 Å². The lowest BCUT2D eigenvalue weighted by Gasteiger charge is -2.28. The first-order valence-electron chi connectivity index (χ1n) is 7.44. The van der Waals surface area contributed by atoms with Crippen LogP contribution in [0.1, 0.15) is 60.8 Å². The van der Waals surface area contributed by atoms with Crippen LogP contribution in [0.3, 0.4) is 0 Å². The molecule has 0 aromatic heterocycles. The van der Waals surface area contributed by atoms with Gasteiger partial charge in [0.2, 0.25) is 0 Å². The van der Waals surface area contributed by atoms with Crippen LogP contribution in [0.5, 0.6) is 0 Å². The number of nitrogens with zero attached hydrogens (tertiary/aromatic N) is 2. The van der Waals surface area contributed by atoms with E-state index in [4.69, 9.17) is 5.26 Å². The summed E-state index contributed by atoms with van der Waals surface area (Å²) in [6.45, 7) is 7.16. The van der Waals surface area contributed by atoms with Gasteiger partial charge in [0.25, 0.3) is 0 Å². The van der Waals surface area contributed by atoms with Crippen molar-refractivity contribution in [2.45, 2.75) is 51.5 Å². The van der Waals surface area contributed by atoms with Crippen LogP contribution < -0.4 is 0 Å². The van der Waals surface area contributed by atoms with E-state index < -0.39 is 0 Å². The standard InChI is InChI=1S/C17H22N2/c1-12(2)16-9-14-5-7-19(8-6-18)11-15(14)10-17(16)13-3-4-13/h9-10,12-13H,3-5,7-8,11H2,1-2H3. The second kappa shape index (κ2) is 4.98. The molecule has 19 heavy (non-hydrogen) atoms. The van der Waals surface area contributed by atoms with Gasteiger partial charge in [-0.2, -0.15) is 5.26 Å². The highest BCUT2D eigenvalue weighted by atomic mass is 15.1. The normalized spacial score (nSPS) is 19.3. The van der Waals surface area contributed by atoms with Crippen molar-refractivity contribution in [1.29, 1.82) is 5.26 Å². The molecular formula is C17H22N2. The van der Waals surface area contributed by atoms with Crippen LogP contribution in [0.2, 0.25) is 0 Å². The van der Waals surface area contributed by atoms with Crippen LogP contribution in [0, 0.1) is 11.3 Å². The maximum atomic E-state index is 8.84. The summed E-state index contributed by atoms with van der Waals surface area (Å²) in [6.07, 6.45) is 3.82. The first-order chi connectivity index (χ1) is 9.19. The molecular weight excluding hydrogens is 232 g/mol. The Morgan fingerprint density at radius 1 is 1.32 bits per heavy atom. The molecule has 0 radical (unpaired) electrons. The molecule has 3 rings (SSSR count). The van der Waals surface area contributed by atoms with Crippen LogP contribution in [0.4, 0.5) is 0 Å². The van der Waals surface area contributed by atoms with Crippen LogP contribution in [-0.2, 0) is 13.0 Å². The summed E-state index contributed by atoms with van der Waals surface area (Å²) in [6, 6.07) is 7.18. The van der Waals surface area contributed by atoms with E-state index in [9.17, 15) is 0 Å². The van der Waals surface area contributed by atoms with Crippen molar-refractivity contribution in [3.8, 4) is 6.07 Å². The van der Waals surface area contributed by atoms with Crippen molar-refractivity contribution in [2.75, 3.05) is 13.1 Å². The Morgan fingerprint density at radius 2 is 2.11 bits per heavy atom. The smallest absolute Gasteiger partial charge is 0.0868 e. The van der Waals surface area contributed by atoms with E-state index in [-0.39, 0.29) is 0 Å². The largest absolute Gasteiger partial charge is 0.286 e. The summed E-state index contributed by atoms with van der Waals surface area (Å²) >= 11 is 0. The topological polar surface area (TPSA) is 27.0 Å². The average molecular weight is 254 g/mol. The highest BCUT2D eigenvalue weighted by Crippen LogP contribution is 2.44. The molecule has 1 saturated carbocycles. The molecule has 1 aliphatic heterocycles. The molecule has 2 aliphatic rings. The van der Waals surface area contributed by atoms with Gasteiger partial charge in [0.1, 0.15) is 0 Å². The fourth-order valence-electron chi connectivity index (χ4n) is 3.19. The number of hydrogen-bond acceptors (Lipinski definition) is 2. The maximum absolute atomic E-state index is 8.84. The molecule has 0 saturated heterocycles. The van der Waals surface area contributed by atoms with Gasteiger partial charge in [-0.1, -0.05) is 26.0 Å². The molecule has 1 aromatic rings. The Bertz CT molecular complexity index is 521. The monoisotopic (exact) mass is 254 g/mol. The van der Waals surface area contributed by atoms with Gasteiger partial charge in [-0.25, -0.2) is 0 Å². The minimum absolute atomic E-state index is 0.560. The minimum atomic E-state index is 0.560. The van der Waals surface area contributed by atoms with Crippen molar-refractivity contribution >= 4 is 0 Å². The van der Waals surface area contributed by atoms with Gasteiger partial charge in [0.15, 0.2) is 0 Å². The van der Waals surface area contributed by atoms with E-state index in [1.54, 1.807) is 11.1 Å². The third-order valence-electron chi connectivity index (χ3n) is 4.43. The zero-order chi connectivity index (χ0) is 13.4. The molecule has 1 aromatic carbocycles. The lowest BCUT2D eigenvalue weighted by Crippen LogP contribution is -2.31. The Labute approximate surface area is 116 Å². The molecule has 2 heteroatoms. The van der Waals surface area contributed by atoms with Crippen molar-refractivity contribution in [1.82, 2.24) is 4.90 Å². The van der Waals surface area contributed by atoms with Gasteiger partial charge in [-0.3, -0.25) is 4.90 Å². The minimum Gasteiger partial charge on any atom is -0.286 e. The fourth-order valence-corrected chi connectivity index (χ4v) is 3.19. The van der Waals surface area contributed by atoms with E-state index in [1.807, 2.05) is 0 Å². The predicted octanol–water partition coefficient (Wildman–Crippen LogP) is 3.57. The molecule has 1 fully saturated rings. The van der Waals surface area contributed by atoms with Gasteiger partial charge in [-0.15, -0.1) is 0 Å². The molecule has 0 N–H and O–H groups in total. The third-order valence-corrected chi connectivity index (χ3v) is 4.43. The summed E-state index contributed by atoms with van der Waals surface area (Å²) in [5.41, 5.74) is 6.14. The third kappa shape index (κ3) is 2.53. The quantitative estimate of drug-likeness (QED) is 0.771. The van der Waals surface area contributed by atoms with E-state index in [0.29, 0.717) is 12.5 Å². The predicted molar refractivity (Wildman–Crippen MR) is 77.1 cm³/mol. The maximum Gasteiger partial charge on any atom is 0.0868 e. The van der Waals surface area contributed by atoms with Crippen LogP contribution in [0.25, 0.3) is 0 Å². The van der Waals surface area contributed by atoms with E-state index in [2.05, 4.69) is 36.9 Å². The van der Waals surface area contributed by atoms with Gasteiger partial charge >= 0.3 is 0 Å². The number of rotatable bonds is 3. The molecule has 0 spiro atoms. The molecule has 0 unspecified atom stereocenters. The van der Waals surface area contributed by atoms with Gasteiger partial charge in [0, 0.05) is 13.1 Å². The number of hydrogen-bond donors (Lipinski definition) is 0.